The summed E-state index contributed by atoms with van der Waals surface area (Å²) in [6.45, 7) is 32.8. The van der Waals surface area contributed by atoms with Gasteiger partial charge in [-0.3, -0.25) is 4.90 Å². The van der Waals surface area contributed by atoms with Crippen molar-refractivity contribution in [1.29, 1.82) is 0 Å². The molecule has 0 fully saturated rings. The van der Waals surface area contributed by atoms with E-state index in [-0.39, 0.29) is 33.8 Å². The van der Waals surface area contributed by atoms with Gasteiger partial charge in [-0.1, -0.05) is 151 Å². The van der Waals surface area contributed by atoms with Crippen molar-refractivity contribution >= 4 is 68.4 Å². The van der Waals surface area contributed by atoms with E-state index in [1.807, 2.05) is 0 Å². The summed E-state index contributed by atoms with van der Waals surface area (Å²) in [6, 6.07) is 44.6. The number of nitrogens with zero attached hydrogens (tertiary/aromatic N) is 2. The Hall–Kier alpha value is -5.48. The van der Waals surface area contributed by atoms with Crippen LogP contribution < -0.4 is 26.2 Å². The fraction of sp³-hybridized carbons (Fsp3) is 0.356. The molecule has 0 radical (unpaired) electrons. The van der Waals surface area contributed by atoms with Crippen molar-refractivity contribution in [2.75, 3.05) is 9.80 Å². The van der Waals surface area contributed by atoms with Crippen molar-refractivity contribution in [2.24, 2.45) is 0 Å². The third-order valence-electron chi connectivity index (χ3n) is 14.8. The van der Waals surface area contributed by atoms with E-state index in [0.717, 1.165) is 30.0 Å². The van der Waals surface area contributed by atoms with E-state index in [2.05, 4.69) is 222 Å². The molecule has 7 aromatic rings. The van der Waals surface area contributed by atoms with Crippen LogP contribution in [-0.2, 0) is 27.1 Å². The van der Waals surface area contributed by atoms with Gasteiger partial charge in [-0.05, 0) is 151 Å². The highest BCUT2D eigenvalue weighted by molar-refractivity contribution is 7.01. The van der Waals surface area contributed by atoms with E-state index in [1.165, 1.54) is 89.0 Å². The van der Waals surface area contributed by atoms with Crippen LogP contribution in [0.1, 0.15) is 136 Å². The summed E-state index contributed by atoms with van der Waals surface area (Å²) in [7, 11) is 0. The lowest BCUT2D eigenvalue weighted by molar-refractivity contribution is 0.332. The third kappa shape index (κ3) is 6.60. The molecule has 3 nitrogen and oxygen atoms in total. The van der Waals surface area contributed by atoms with Gasteiger partial charge in [-0.15, -0.1) is 0 Å². The first-order valence-electron chi connectivity index (χ1n) is 23.3. The molecule has 1 aromatic heterocycles. The molecule has 63 heavy (non-hydrogen) atoms. The van der Waals surface area contributed by atoms with E-state index >= 15 is 0 Å². The lowest BCUT2D eigenvalue weighted by atomic mass is 9.33. The van der Waals surface area contributed by atoms with Crippen molar-refractivity contribution in [3.63, 3.8) is 0 Å². The van der Waals surface area contributed by atoms with Crippen LogP contribution in [0.3, 0.4) is 0 Å². The molecule has 0 bridgehead atoms. The Balaban J connectivity index is 1.35. The first-order chi connectivity index (χ1) is 29.5. The molecule has 320 valence electrons. The maximum absolute atomic E-state index is 7.55. The predicted octanol–water partition coefficient (Wildman–Crippen LogP) is 14.7. The number of anilines is 6. The summed E-state index contributed by atoms with van der Waals surface area (Å²) in [4.78, 5) is 5.05. The number of benzene rings is 6. The molecule has 0 spiro atoms. The van der Waals surface area contributed by atoms with Crippen LogP contribution in [0, 0.1) is 6.92 Å². The fourth-order valence-electron chi connectivity index (χ4n) is 10.9. The van der Waals surface area contributed by atoms with Crippen LogP contribution in [-0.4, -0.2) is 6.71 Å². The largest absolute Gasteiger partial charge is 0.440 e. The molecule has 4 heteroatoms. The van der Waals surface area contributed by atoms with Gasteiger partial charge in [0.2, 0.25) is 5.88 Å². The quantitative estimate of drug-likeness (QED) is 0.165. The molecule has 0 saturated heterocycles. The number of furan rings is 1. The lowest BCUT2D eigenvalue weighted by Gasteiger charge is -2.44. The summed E-state index contributed by atoms with van der Waals surface area (Å²) >= 11 is 0. The molecule has 1 aliphatic carbocycles. The monoisotopic (exact) mass is 829 g/mol. The highest BCUT2D eigenvalue weighted by Gasteiger charge is 2.48. The Morgan fingerprint density at radius 3 is 1.67 bits per heavy atom. The van der Waals surface area contributed by atoms with Gasteiger partial charge in [0, 0.05) is 39.2 Å². The normalized spacial score (nSPS) is 16.4. The highest BCUT2D eigenvalue weighted by atomic mass is 16.4. The summed E-state index contributed by atoms with van der Waals surface area (Å²) in [6.07, 6.45) is 2.31. The molecule has 2 aliphatic heterocycles. The van der Waals surface area contributed by atoms with Crippen LogP contribution in [0.15, 0.2) is 120 Å². The Kier molecular flexibility index (Phi) is 9.07. The zero-order valence-electron chi connectivity index (χ0n) is 40.3. The summed E-state index contributed by atoms with van der Waals surface area (Å²) in [5.74, 6) is 0.924. The molecule has 3 aliphatic rings. The molecule has 0 unspecified atom stereocenters. The zero-order valence-corrected chi connectivity index (χ0v) is 40.3. The van der Waals surface area contributed by atoms with Crippen LogP contribution in [0.4, 0.5) is 34.3 Å². The minimum atomic E-state index is -0.0581. The first-order valence-corrected chi connectivity index (χ1v) is 23.3. The van der Waals surface area contributed by atoms with Crippen molar-refractivity contribution in [1.82, 2.24) is 0 Å². The standard InChI is InChI=1S/C59H65BN2O/c1-36-30-49-53-50(31-36)62(47-26-22-39(56(5,6)7)32-42(47)37-18-16-15-17-19-37)54-52(43-34-44-45(35-51(43)63-54)59(13,14)29-28-58(44,11)12)60(53)46-33-40(57(8,9)10)23-27-48(46)61(49)41-24-20-38(21-25-41)55(2,3)4/h15-27,30-35H,28-29H2,1-14H3. The highest BCUT2D eigenvalue weighted by Crippen LogP contribution is 2.52. The Labute approximate surface area is 377 Å². The average Bonchev–Trinajstić information content (AvgIpc) is 3.59. The number of hydrogen-bond donors (Lipinski definition) is 0. The third-order valence-corrected chi connectivity index (χ3v) is 14.8. The SMILES string of the molecule is Cc1cc2c3c(c1)N(c1ccc(C(C)(C)C)cc1-c1ccccc1)c1oc4cc5c(cc4c1B3c1cc(C(C)(C)C)ccc1N2c1ccc(C(C)(C)C)cc1)C(C)(C)CCC5(C)C. The number of fused-ring (bicyclic) bond motifs is 7. The van der Waals surface area contributed by atoms with Crippen molar-refractivity contribution in [3.05, 3.63) is 149 Å². The molecule has 3 heterocycles. The second kappa shape index (κ2) is 13.8. The van der Waals surface area contributed by atoms with Gasteiger partial charge in [-0.25, -0.2) is 0 Å². The first kappa shape index (κ1) is 41.5. The van der Waals surface area contributed by atoms with Crippen molar-refractivity contribution in [2.45, 2.75) is 137 Å². The maximum Gasteiger partial charge on any atom is 0.257 e. The van der Waals surface area contributed by atoms with Gasteiger partial charge in [0.05, 0.1) is 5.69 Å². The Morgan fingerprint density at radius 2 is 1.06 bits per heavy atom. The Morgan fingerprint density at radius 1 is 0.524 bits per heavy atom. The van der Waals surface area contributed by atoms with Crippen LogP contribution in [0.5, 0.6) is 0 Å². The minimum absolute atomic E-state index is 0.0295. The molecule has 6 aromatic carbocycles. The zero-order chi connectivity index (χ0) is 44.8. The number of aryl methyl sites for hydroxylation is 1. The topological polar surface area (TPSA) is 19.6 Å². The van der Waals surface area contributed by atoms with Crippen LogP contribution >= 0.6 is 0 Å². The summed E-state index contributed by atoms with van der Waals surface area (Å²) < 4.78 is 7.55. The Bertz CT molecular complexity index is 2960. The molecule has 0 N–H and O–H groups in total. The number of rotatable bonds is 3. The number of hydrogen-bond acceptors (Lipinski definition) is 3. The minimum Gasteiger partial charge on any atom is -0.440 e. The molecule has 0 amide bonds. The second-order valence-electron chi connectivity index (χ2n) is 23.5. The second-order valence-corrected chi connectivity index (χ2v) is 23.5. The molecule has 0 atom stereocenters. The molecular formula is C59H65BN2O. The van der Waals surface area contributed by atoms with Gasteiger partial charge in [-0.2, -0.15) is 0 Å². The van der Waals surface area contributed by atoms with Gasteiger partial charge < -0.3 is 9.32 Å². The smallest absolute Gasteiger partial charge is 0.257 e. The van der Waals surface area contributed by atoms with E-state index < -0.39 is 0 Å². The average molecular weight is 829 g/mol. The van der Waals surface area contributed by atoms with E-state index in [4.69, 9.17) is 4.42 Å². The summed E-state index contributed by atoms with van der Waals surface area (Å²) in [5.41, 5.74) is 21.3. The predicted molar refractivity (Wildman–Crippen MR) is 272 cm³/mol. The van der Waals surface area contributed by atoms with Crippen molar-refractivity contribution in [3.8, 4) is 11.1 Å². The van der Waals surface area contributed by atoms with Gasteiger partial charge in [0.25, 0.3) is 6.71 Å². The molecule has 0 saturated carbocycles. The molecule has 10 rings (SSSR count). The van der Waals surface area contributed by atoms with Gasteiger partial charge in [0.15, 0.2) is 0 Å². The van der Waals surface area contributed by atoms with Crippen molar-refractivity contribution < 1.29 is 4.42 Å². The van der Waals surface area contributed by atoms with E-state index in [1.54, 1.807) is 0 Å². The lowest BCUT2D eigenvalue weighted by Crippen LogP contribution is -2.61. The van der Waals surface area contributed by atoms with Gasteiger partial charge in [0.1, 0.15) is 5.58 Å². The summed E-state index contributed by atoms with van der Waals surface area (Å²) in [5, 5.41) is 1.23. The fourth-order valence-corrected chi connectivity index (χ4v) is 10.9. The van der Waals surface area contributed by atoms with Crippen LogP contribution in [0.2, 0.25) is 0 Å². The van der Waals surface area contributed by atoms with Crippen LogP contribution in [0.25, 0.3) is 22.1 Å². The molecular weight excluding hydrogens is 763 g/mol. The maximum atomic E-state index is 7.55. The van der Waals surface area contributed by atoms with E-state index in [0.29, 0.717) is 0 Å². The van der Waals surface area contributed by atoms with E-state index in [9.17, 15) is 0 Å². The van der Waals surface area contributed by atoms with Gasteiger partial charge >= 0.3 is 0 Å².